The molecule has 1 fully saturated rings. The molecule has 0 spiro atoms. The van der Waals surface area contributed by atoms with Crippen molar-refractivity contribution in [2.75, 3.05) is 21.9 Å². The predicted octanol–water partition coefficient (Wildman–Crippen LogP) is 5.66. The smallest absolute Gasteiger partial charge is 0.255 e. The zero-order chi connectivity index (χ0) is 23.9. The number of carbonyl (C=O) groups is 1. The van der Waals surface area contributed by atoms with E-state index in [9.17, 15) is 13.2 Å². The Bertz CT molecular complexity index is 1530. The average Bonchev–Trinajstić information content (AvgIpc) is 3.18. The van der Waals surface area contributed by atoms with Gasteiger partial charge in [-0.1, -0.05) is 41.9 Å². The monoisotopic (exact) mass is 491 g/mol. The van der Waals surface area contributed by atoms with Crippen molar-refractivity contribution in [1.82, 2.24) is 4.98 Å². The highest BCUT2D eigenvalue weighted by atomic mass is 35.5. The second-order valence-corrected chi connectivity index (χ2v) is 10.7. The van der Waals surface area contributed by atoms with Crippen molar-refractivity contribution < 1.29 is 13.2 Å². The lowest BCUT2D eigenvalue weighted by Crippen LogP contribution is -2.25. The molecule has 172 valence electrons. The van der Waals surface area contributed by atoms with Crippen LogP contribution in [0.2, 0.25) is 5.02 Å². The minimum atomic E-state index is -3.35. The third-order valence-corrected chi connectivity index (χ3v) is 8.16. The summed E-state index contributed by atoms with van der Waals surface area (Å²) in [5, 5.41) is 5.28. The molecule has 1 N–H and O–H groups in total. The number of halogens is 1. The van der Waals surface area contributed by atoms with Crippen LogP contribution >= 0.6 is 11.6 Å². The summed E-state index contributed by atoms with van der Waals surface area (Å²) in [4.78, 5) is 17.6. The zero-order valence-electron chi connectivity index (χ0n) is 18.5. The van der Waals surface area contributed by atoms with E-state index in [0.717, 1.165) is 27.6 Å². The van der Waals surface area contributed by atoms with Gasteiger partial charge in [0.2, 0.25) is 10.0 Å². The summed E-state index contributed by atoms with van der Waals surface area (Å²) >= 11 is 6.37. The largest absolute Gasteiger partial charge is 0.322 e. The molecule has 0 saturated carbocycles. The van der Waals surface area contributed by atoms with E-state index in [1.165, 1.54) is 10.4 Å². The summed E-state index contributed by atoms with van der Waals surface area (Å²) < 4.78 is 25.7. The number of fused-ring (bicyclic) bond motifs is 1. The number of nitrogens with one attached hydrogen (secondary N) is 1. The van der Waals surface area contributed by atoms with Crippen molar-refractivity contribution in [3.05, 3.63) is 89.1 Å². The van der Waals surface area contributed by atoms with Gasteiger partial charge in [-0.3, -0.25) is 14.1 Å². The van der Waals surface area contributed by atoms with Gasteiger partial charge in [-0.25, -0.2) is 8.42 Å². The zero-order valence-corrected chi connectivity index (χ0v) is 20.0. The third-order valence-electron chi connectivity index (χ3n) is 6.00. The molecular formula is C26H22ClN3O3S. The van der Waals surface area contributed by atoms with Crippen LogP contribution in [0.3, 0.4) is 0 Å². The SMILES string of the molecule is Cc1ccc(NC(=O)c2ccc(N3CCCS3(=O)=O)c(Cl)c2)cc1-c1nccc2ccccc12. The molecule has 1 amide bonds. The maximum Gasteiger partial charge on any atom is 0.255 e. The molecule has 0 bridgehead atoms. The number of aromatic nitrogens is 1. The maximum atomic E-state index is 13.0. The van der Waals surface area contributed by atoms with Crippen molar-refractivity contribution in [1.29, 1.82) is 0 Å². The number of nitrogens with zero attached hydrogens (tertiary/aromatic N) is 2. The minimum Gasteiger partial charge on any atom is -0.322 e. The molecule has 0 radical (unpaired) electrons. The van der Waals surface area contributed by atoms with Crippen LogP contribution < -0.4 is 9.62 Å². The van der Waals surface area contributed by atoms with Gasteiger partial charge >= 0.3 is 0 Å². The van der Waals surface area contributed by atoms with Crippen LogP contribution in [-0.4, -0.2) is 31.6 Å². The standard InChI is InChI=1S/C26H22ClN3O3S/c1-17-7-9-20(16-22(17)25-21-6-3-2-5-18(21)11-12-28-25)29-26(31)19-8-10-24(23(27)15-19)30-13-4-14-34(30,32)33/h2-3,5-12,15-16H,4,13-14H2,1H3,(H,29,31). The third kappa shape index (κ3) is 4.13. The number of benzene rings is 3. The minimum absolute atomic E-state index is 0.104. The van der Waals surface area contributed by atoms with Crippen molar-refractivity contribution in [2.24, 2.45) is 0 Å². The fourth-order valence-corrected chi connectivity index (χ4v) is 6.17. The van der Waals surface area contributed by atoms with Crippen molar-refractivity contribution >= 4 is 49.7 Å². The second kappa shape index (κ2) is 8.74. The number of hydrogen-bond acceptors (Lipinski definition) is 4. The molecule has 34 heavy (non-hydrogen) atoms. The quantitative estimate of drug-likeness (QED) is 0.399. The highest BCUT2D eigenvalue weighted by Gasteiger charge is 2.30. The molecule has 0 aliphatic carbocycles. The van der Waals surface area contributed by atoms with E-state index in [0.29, 0.717) is 29.9 Å². The van der Waals surface area contributed by atoms with Gasteiger partial charge in [-0.15, -0.1) is 0 Å². The lowest BCUT2D eigenvalue weighted by Gasteiger charge is -2.18. The summed E-state index contributed by atoms with van der Waals surface area (Å²) in [7, 11) is -3.35. The molecule has 0 unspecified atom stereocenters. The molecule has 3 aromatic carbocycles. The van der Waals surface area contributed by atoms with Crippen LogP contribution in [-0.2, 0) is 10.0 Å². The Morgan fingerprint density at radius 2 is 1.88 bits per heavy atom. The van der Waals surface area contributed by atoms with Gasteiger partial charge in [0.1, 0.15) is 0 Å². The molecule has 2 heterocycles. The van der Waals surface area contributed by atoms with Gasteiger partial charge in [0.05, 0.1) is 22.2 Å². The fourth-order valence-electron chi connectivity index (χ4n) is 4.25. The van der Waals surface area contributed by atoms with Crippen molar-refractivity contribution in [2.45, 2.75) is 13.3 Å². The molecule has 1 aromatic heterocycles. The van der Waals surface area contributed by atoms with Gasteiger partial charge in [0.25, 0.3) is 5.91 Å². The number of sulfonamides is 1. The van der Waals surface area contributed by atoms with Crippen LogP contribution in [0.4, 0.5) is 11.4 Å². The first-order chi connectivity index (χ1) is 16.3. The Morgan fingerprint density at radius 1 is 1.06 bits per heavy atom. The molecule has 1 aliphatic heterocycles. The van der Waals surface area contributed by atoms with E-state index in [-0.39, 0.29) is 16.7 Å². The number of carbonyl (C=O) groups excluding carboxylic acids is 1. The first-order valence-electron chi connectivity index (χ1n) is 10.9. The molecule has 1 aliphatic rings. The topological polar surface area (TPSA) is 79.4 Å². The first kappa shape index (κ1) is 22.4. The molecule has 5 rings (SSSR count). The van der Waals surface area contributed by atoms with Gasteiger partial charge in [0.15, 0.2) is 0 Å². The van der Waals surface area contributed by atoms with Crippen LogP contribution in [0.15, 0.2) is 72.9 Å². The van der Waals surface area contributed by atoms with Gasteiger partial charge in [-0.05, 0) is 60.7 Å². The Hall–Kier alpha value is -3.42. The molecule has 0 atom stereocenters. The summed E-state index contributed by atoms with van der Waals surface area (Å²) in [5.41, 5.74) is 4.20. The van der Waals surface area contributed by atoms with Gasteiger partial charge in [-0.2, -0.15) is 0 Å². The Kier molecular flexibility index (Phi) is 5.75. The van der Waals surface area contributed by atoms with Crippen LogP contribution in [0.5, 0.6) is 0 Å². The summed E-state index contributed by atoms with van der Waals surface area (Å²) in [6, 6.07) is 20.4. The molecular weight excluding hydrogens is 470 g/mol. The highest BCUT2D eigenvalue weighted by molar-refractivity contribution is 7.93. The van der Waals surface area contributed by atoms with E-state index in [2.05, 4.69) is 10.3 Å². The number of rotatable bonds is 4. The van der Waals surface area contributed by atoms with Crippen LogP contribution in [0, 0.1) is 6.92 Å². The van der Waals surface area contributed by atoms with Gasteiger partial charge < -0.3 is 5.32 Å². The number of hydrogen-bond donors (Lipinski definition) is 1. The van der Waals surface area contributed by atoms with Crippen LogP contribution in [0.25, 0.3) is 22.0 Å². The predicted molar refractivity (Wildman–Crippen MR) is 137 cm³/mol. The van der Waals surface area contributed by atoms with E-state index in [1.807, 2.05) is 55.5 Å². The molecule has 4 aromatic rings. The summed E-state index contributed by atoms with van der Waals surface area (Å²) in [6.45, 7) is 2.40. The second-order valence-electron chi connectivity index (χ2n) is 8.27. The Labute approximate surface area is 203 Å². The average molecular weight is 492 g/mol. The van der Waals surface area contributed by atoms with Crippen LogP contribution in [0.1, 0.15) is 22.3 Å². The Balaban J connectivity index is 1.43. The Morgan fingerprint density at radius 3 is 2.65 bits per heavy atom. The lowest BCUT2D eigenvalue weighted by molar-refractivity contribution is 0.102. The van der Waals surface area contributed by atoms with E-state index >= 15 is 0 Å². The molecule has 6 nitrogen and oxygen atoms in total. The fraction of sp³-hybridized carbons (Fsp3) is 0.154. The summed E-state index contributed by atoms with van der Waals surface area (Å²) in [5.74, 6) is -0.231. The van der Waals surface area contributed by atoms with Gasteiger partial charge in [0, 0.05) is 34.9 Å². The summed E-state index contributed by atoms with van der Waals surface area (Å²) in [6.07, 6.45) is 2.34. The lowest BCUT2D eigenvalue weighted by atomic mass is 9.99. The molecule has 1 saturated heterocycles. The van der Waals surface area contributed by atoms with E-state index in [1.54, 1.807) is 18.3 Å². The molecule has 8 heteroatoms. The van der Waals surface area contributed by atoms with E-state index < -0.39 is 10.0 Å². The first-order valence-corrected chi connectivity index (χ1v) is 12.9. The number of aryl methyl sites for hydroxylation is 1. The highest BCUT2D eigenvalue weighted by Crippen LogP contribution is 2.33. The number of pyridine rings is 1. The normalized spacial score (nSPS) is 14.9. The maximum absolute atomic E-state index is 13.0. The van der Waals surface area contributed by atoms with Crippen molar-refractivity contribution in [3.63, 3.8) is 0 Å². The number of amides is 1. The van der Waals surface area contributed by atoms with E-state index in [4.69, 9.17) is 11.6 Å². The number of anilines is 2. The van der Waals surface area contributed by atoms with Crippen molar-refractivity contribution in [3.8, 4) is 11.3 Å².